The van der Waals surface area contributed by atoms with Crippen molar-refractivity contribution in [2.75, 3.05) is 31.7 Å². The molecule has 2 aromatic carbocycles. The normalized spacial score (nSPS) is 10.1. The third-order valence-electron chi connectivity index (χ3n) is 3.98. The predicted molar refractivity (Wildman–Crippen MR) is 105 cm³/mol. The smallest absolute Gasteiger partial charge is 0.337 e. The summed E-state index contributed by atoms with van der Waals surface area (Å²) in [6.45, 7) is 2.35. The van der Waals surface area contributed by atoms with Gasteiger partial charge in [0, 0.05) is 25.7 Å². The van der Waals surface area contributed by atoms with Gasteiger partial charge in [0.2, 0.25) is 11.8 Å². The molecule has 0 aliphatic carbocycles. The van der Waals surface area contributed by atoms with Crippen molar-refractivity contribution in [1.29, 1.82) is 0 Å². The highest BCUT2D eigenvalue weighted by atomic mass is 16.5. The highest BCUT2D eigenvalue weighted by Crippen LogP contribution is 2.16. The van der Waals surface area contributed by atoms with E-state index in [0.717, 1.165) is 0 Å². The van der Waals surface area contributed by atoms with Crippen LogP contribution in [0.25, 0.3) is 0 Å². The van der Waals surface area contributed by atoms with Gasteiger partial charge in [0.1, 0.15) is 5.75 Å². The largest absolute Gasteiger partial charge is 0.493 e. The van der Waals surface area contributed by atoms with Gasteiger partial charge in [-0.3, -0.25) is 9.59 Å². The van der Waals surface area contributed by atoms with E-state index >= 15 is 0 Å². The number of anilines is 1. The van der Waals surface area contributed by atoms with Gasteiger partial charge in [-0.05, 0) is 36.4 Å². The van der Waals surface area contributed by atoms with Crippen molar-refractivity contribution in [3.8, 4) is 5.75 Å². The first kappa shape index (κ1) is 21.0. The number of para-hydroxylation sites is 1. The molecule has 0 aliphatic rings. The van der Waals surface area contributed by atoms with E-state index in [0.29, 0.717) is 30.1 Å². The van der Waals surface area contributed by atoms with E-state index in [-0.39, 0.29) is 24.8 Å². The number of nitrogens with zero attached hydrogens (tertiary/aromatic N) is 1. The Morgan fingerprint density at radius 2 is 1.68 bits per heavy atom. The molecular weight excluding hydrogens is 360 g/mol. The van der Waals surface area contributed by atoms with Gasteiger partial charge < -0.3 is 19.7 Å². The number of methoxy groups -OCH3 is 1. The molecule has 7 heteroatoms. The zero-order valence-electron chi connectivity index (χ0n) is 16.0. The number of carbonyl (C=O) groups excluding carboxylic acids is 3. The summed E-state index contributed by atoms with van der Waals surface area (Å²) in [5, 5.41) is 2.78. The van der Waals surface area contributed by atoms with Crippen LogP contribution in [0.1, 0.15) is 23.7 Å². The molecule has 0 heterocycles. The fraction of sp³-hybridized carbons (Fsp3) is 0.286. The van der Waals surface area contributed by atoms with Crippen LogP contribution in [0.5, 0.6) is 5.75 Å². The van der Waals surface area contributed by atoms with Gasteiger partial charge in [0.25, 0.3) is 0 Å². The highest BCUT2D eigenvalue weighted by Gasteiger charge is 2.13. The van der Waals surface area contributed by atoms with E-state index in [4.69, 9.17) is 4.74 Å². The molecule has 1 N–H and O–H groups in total. The summed E-state index contributed by atoms with van der Waals surface area (Å²) in [6.07, 6.45) is 0.225. The molecule has 0 bridgehead atoms. The van der Waals surface area contributed by atoms with Crippen molar-refractivity contribution in [3.05, 3.63) is 60.2 Å². The Hall–Kier alpha value is -3.35. The van der Waals surface area contributed by atoms with Gasteiger partial charge in [-0.1, -0.05) is 18.2 Å². The maximum absolute atomic E-state index is 11.9. The first-order chi connectivity index (χ1) is 13.5. The topological polar surface area (TPSA) is 84.9 Å². The molecular formula is C21H24N2O5. The van der Waals surface area contributed by atoms with Crippen LogP contribution in [0, 0.1) is 0 Å². The van der Waals surface area contributed by atoms with Crippen molar-refractivity contribution in [2.45, 2.75) is 13.3 Å². The van der Waals surface area contributed by atoms with Crippen molar-refractivity contribution in [2.24, 2.45) is 0 Å². The lowest BCUT2D eigenvalue weighted by Gasteiger charge is -2.21. The summed E-state index contributed by atoms with van der Waals surface area (Å²) in [4.78, 5) is 36.9. The summed E-state index contributed by atoms with van der Waals surface area (Å²) in [6, 6.07) is 15.8. The molecule has 0 aliphatic heterocycles. The van der Waals surface area contributed by atoms with Crippen LogP contribution in [0.3, 0.4) is 0 Å². The van der Waals surface area contributed by atoms with E-state index in [9.17, 15) is 14.4 Å². The zero-order chi connectivity index (χ0) is 20.4. The Bertz CT molecular complexity index is 790. The van der Waals surface area contributed by atoms with Crippen LogP contribution in [-0.4, -0.2) is 44.6 Å². The Labute approximate surface area is 164 Å². The number of rotatable bonds is 9. The number of esters is 1. The van der Waals surface area contributed by atoms with Crippen LogP contribution < -0.4 is 15.0 Å². The second-order valence-corrected chi connectivity index (χ2v) is 5.97. The van der Waals surface area contributed by atoms with Crippen LogP contribution in [-0.2, 0) is 14.3 Å². The first-order valence-corrected chi connectivity index (χ1v) is 8.92. The minimum Gasteiger partial charge on any atom is -0.493 e. The molecule has 148 valence electrons. The van der Waals surface area contributed by atoms with E-state index in [1.54, 1.807) is 24.3 Å². The number of hydrogen-bond donors (Lipinski definition) is 1. The molecule has 0 radical (unpaired) electrons. The summed E-state index contributed by atoms with van der Waals surface area (Å²) in [5.41, 5.74) is 1.04. The minimum atomic E-state index is -0.439. The lowest BCUT2D eigenvalue weighted by atomic mass is 10.2. The second kappa shape index (κ2) is 10.7. The van der Waals surface area contributed by atoms with Crippen molar-refractivity contribution < 1.29 is 23.9 Å². The van der Waals surface area contributed by atoms with E-state index in [1.165, 1.54) is 18.9 Å². The van der Waals surface area contributed by atoms with Crippen molar-refractivity contribution in [1.82, 2.24) is 5.32 Å². The number of benzene rings is 2. The van der Waals surface area contributed by atoms with Gasteiger partial charge in [-0.2, -0.15) is 0 Å². The molecule has 0 spiro atoms. The standard InChI is InChI=1S/C21H24N2O5/c1-16(24)23(18-10-8-17(9-11-18)21(26)27-2)14-13-22-20(25)12-15-28-19-6-4-3-5-7-19/h3-11H,12-15H2,1-2H3,(H,22,25). The monoisotopic (exact) mass is 384 g/mol. The van der Waals surface area contributed by atoms with Crippen LogP contribution >= 0.6 is 0 Å². The van der Waals surface area contributed by atoms with E-state index < -0.39 is 5.97 Å². The Morgan fingerprint density at radius 1 is 1.00 bits per heavy atom. The molecule has 7 nitrogen and oxygen atoms in total. The molecule has 2 rings (SSSR count). The second-order valence-electron chi connectivity index (χ2n) is 5.97. The van der Waals surface area contributed by atoms with E-state index in [2.05, 4.69) is 10.1 Å². The number of carbonyl (C=O) groups is 3. The van der Waals surface area contributed by atoms with Crippen LogP contribution in [0.15, 0.2) is 54.6 Å². The highest BCUT2D eigenvalue weighted by molar-refractivity contribution is 5.93. The van der Waals surface area contributed by atoms with E-state index in [1.807, 2.05) is 30.3 Å². The molecule has 2 amide bonds. The van der Waals surface area contributed by atoms with Gasteiger partial charge in [0.05, 0.1) is 25.7 Å². The third kappa shape index (κ3) is 6.42. The fourth-order valence-corrected chi connectivity index (χ4v) is 2.54. The SMILES string of the molecule is COC(=O)c1ccc(N(CCNC(=O)CCOc2ccccc2)C(C)=O)cc1. The average Bonchev–Trinajstić information content (AvgIpc) is 2.71. The summed E-state index contributed by atoms with van der Waals surface area (Å²) in [5.74, 6) is -0.0349. The third-order valence-corrected chi connectivity index (χ3v) is 3.98. The number of nitrogens with one attached hydrogen (secondary N) is 1. The molecule has 0 fully saturated rings. The number of hydrogen-bond acceptors (Lipinski definition) is 5. The first-order valence-electron chi connectivity index (χ1n) is 8.92. The molecule has 2 aromatic rings. The minimum absolute atomic E-state index is 0.152. The fourth-order valence-electron chi connectivity index (χ4n) is 2.54. The molecule has 0 aromatic heterocycles. The van der Waals surface area contributed by atoms with Crippen LogP contribution in [0.2, 0.25) is 0 Å². The maximum atomic E-state index is 11.9. The summed E-state index contributed by atoms with van der Waals surface area (Å²) < 4.78 is 10.1. The van der Waals surface area contributed by atoms with Gasteiger partial charge in [0.15, 0.2) is 0 Å². The van der Waals surface area contributed by atoms with Crippen molar-refractivity contribution >= 4 is 23.5 Å². The summed E-state index contributed by atoms with van der Waals surface area (Å²) >= 11 is 0. The maximum Gasteiger partial charge on any atom is 0.337 e. The lowest BCUT2D eigenvalue weighted by Crippen LogP contribution is -2.37. The van der Waals surface area contributed by atoms with Crippen LogP contribution in [0.4, 0.5) is 5.69 Å². The lowest BCUT2D eigenvalue weighted by molar-refractivity contribution is -0.122. The van der Waals surface area contributed by atoms with Gasteiger partial charge in [-0.15, -0.1) is 0 Å². The molecule has 0 saturated heterocycles. The Morgan fingerprint density at radius 3 is 2.29 bits per heavy atom. The number of amides is 2. The Kier molecular flexibility index (Phi) is 8.02. The van der Waals surface area contributed by atoms with Gasteiger partial charge >= 0.3 is 5.97 Å². The molecule has 0 unspecified atom stereocenters. The number of ether oxygens (including phenoxy) is 2. The molecule has 0 atom stereocenters. The molecule has 28 heavy (non-hydrogen) atoms. The van der Waals surface area contributed by atoms with Crippen molar-refractivity contribution in [3.63, 3.8) is 0 Å². The average molecular weight is 384 g/mol. The molecule has 0 saturated carbocycles. The summed E-state index contributed by atoms with van der Waals surface area (Å²) in [7, 11) is 1.31. The predicted octanol–water partition coefficient (Wildman–Crippen LogP) is 2.41. The quantitative estimate of drug-likeness (QED) is 0.671. The van der Waals surface area contributed by atoms with Gasteiger partial charge in [-0.25, -0.2) is 4.79 Å². The zero-order valence-corrected chi connectivity index (χ0v) is 16.0. The Balaban J connectivity index is 1.79.